The fourth-order valence-electron chi connectivity index (χ4n) is 2.43. The van der Waals surface area contributed by atoms with Crippen LogP contribution in [0.3, 0.4) is 0 Å². The Morgan fingerprint density at radius 2 is 2.44 bits per heavy atom. The Kier molecular flexibility index (Phi) is 2.55. The molecule has 0 aliphatic carbocycles. The molecular formula is C11H12N4O2S. The van der Waals surface area contributed by atoms with E-state index in [0.29, 0.717) is 18.1 Å². The minimum Gasteiger partial charge on any atom is -0.368 e. The summed E-state index contributed by atoms with van der Waals surface area (Å²) in [6, 6.07) is -0.353. The van der Waals surface area contributed by atoms with Gasteiger partial charge in [0.25, 0.3) is 0 Å². The number of carbonyl (C=O) groups is 2. The van der Waals surface area contributed by atoms with Crippen LogP contribution in [0.5, 0.6) is 0 Å². The van der Waals surface area contributed by atoms with E-state index in [-0.39, 0.29) is 11.9 Å². The summed E-state index contributed by atoms with van der Waals surface area (Å²) in [5, 5.41) is 1.87. The predicted molar refractivity (Wildman–Crippen MR) is 68.0 cm³/mol. The molecule has 1 unspecified atom stereocenters. The van der Waals surface area contributed by atoms with E-state index in [1.165, 1.54) is 11.3 Å². The average molecular weight is 264 g/mol. The van der Waals surface area contributed by atoms with Gasteiger partial charge in [0.05, 0.1) is 0 Å². The number of hydrogen-bond donors (Lipinski definition) is 1. The molecule has 18 heavy (non-hydrogen) atoms. The molecule has 1 fully saturated rings. The first-order valence-electron chi connectivity index (χ1n) is 5.69. The van der Waals surface area contributed by atoms with E-state index in [1.54, 1.807) is 10.6 Å². The van der Waals surface area contributed by atoms with Crippen LogP contribution in [0.25, 0.3) is 4.96 Å². The normalized spacial score (nSPS) is 19.6. The highest BCUT2D eigenvalue weighted by molar-refractivity contribution is 7.15. The number of nitrogens with two attached hydrogens (primary N) is 1. The zero-order chi connectivity index (χ0) is 12.7. The first kappa shape index (κ1) is 11.2. The fourth-order valence-corrected chi connectivity index (χ4v) is 3.14. The van der Waals surface area contributed by atoms with Crippen molar-refractivity contribution in [1.82, 2.24) is 9.38 Å². The molecule has 94 valence electrons. The summed E-state index contributed by atoms with van der Waals surface area (Å²) in [5.74, 6) is 0.207. The molecule has 3 heterocycles. The Bertz CT molecular complexity index is 618. The summed E-state index contributed by atoms with van der Waals surface area (Å²) in [5.41, 5.74) is 5.87. The van der Waals surface area contributed by atoms with E-state index in [4.69, 9.17) is 5.73 Å². The lowest BCUT2D eigenvalue weighted by Gasteiger charge is -2.22. The number of carbonyl (C=O) groups excluding carboxylic acids is 2. The minimum atomic E-state index is -0.360. The van der Waals surface area contributed by atoms with E-state index in [2.05, 4.69) is 4.98 Å². The Labute approximate surface area is 107 Å². The second-order valence-electron chi connectivity index (χ2n) is 4.25. The van der Waals surface area contributed by atoms with E-state index < -0.39 is 0 Å². The Morgan fingerprint density at radius 1 is 1.61 bits per heavy atom. The van der Waals surface area contributed by atoms with Crippen LogP contribution in [0.4, 0.5) is 5.82 Å². The van der Waals surface area contributed by atoms with Gasteiger partial charge in [-0.25, -0.2) is 4.98 Å². The third-order valence-electron chi connectivity index (χ3n) is 3.24. The summed E-state index contributed by atoms with van der Waals surface area (Å²) >= 11 is 1.46. The molecule has 1 saturated heterocycles. The van der Waals surface area contributed by atoms with Crippen LogP contribution in [0.1, 0.15) is 23.3 Å². The third kappa shape index (κ3) is 1.51. The number of thiazole rings is 1. The van der Waals surface area contributed by atoms with E-state index in [0.717, 1.165) is 24.1 Å². The number of amides is 1. The molecule has 2 N–H and O–H groups in total. The van der Waals surface area contributed by atoms with Crippen LogP contribution in [0.2, 0.25) is 0 Å². The van der Waals surface area contributed by atoms with Crippen molar-refractivity contribution in [3.05, 3.63) is 17.3 Å². The number of primary amides is 1. The number of rotatable bonds is 3. The van der Waals surface area contributed by atoms with Crippen LogP contribution >= 0.6 is 11.3 Å². The van der Waals surface area contributed by atoms with Crippen molar-refractivity contribution in [1.29, 1.82) is 0 Å². The first-order valence-corrected chi connectivity index (χ1v) is 6.57. The van der Waals surface area contributed by atoms with Crippen LogP contribution in [0.15, 0.2) is 11.6 Å². The maximum Gasteiger partial charge on any atom is 0.240 e. The maximum absolute atomic E-state index is 11.4. The van der Waals surface area contributed by atoms with Gasteiger partial charge in [0.1, 0.15) is 11.7 Å². The van der Waals surface area contributed by atoms with E-state index >= 15 is 0 Å². The molecular weight excluding hydrogens is 252 g/mol. The van der Waals surface area contributed by atoms with E-state index in [9.17, 15) is 9.59 Å². The van der Waals surface area contributed by atoms with Crippen molar-refractivity contribution in [2.75, 3.05) is 11.4 Å². The van der Waals surface area contributed by atoms with Gasteiger partial charge in [-0.2, -0.15) is 0 Å². The van der Waals surface area contributed by atoms with E-state index in [1.807, 2.05) is 10.3 Å². The van der Waals surface area contributed by atoms with Gasteiger partial charge in [-0.3, -0.25) is 14.0 Å². The highest BCUT2D eigenvalue weighted by atomic mass is 32.1. The molecule has 2 aromatic heterocycles. The molecule has 1 atom stereocenters. The van der Waals surface area contributed by atoms with Gasteiger partial charge in [-0.1, -0.05) is 0 Å². The molecule has 0 bridgehead atoms. The molecule has 1 aliphatic rings. The number of anilines is 1. The lowest BCUT2D eigenvalue weighted by atomic mass is 10.2. The van der Waals surface area contributed by atoms with Crippen molar-refractivity contribution in [2.24, 2.45) is 5.73 Å². The summed E-state index contributed by atoms with van der Waals surface area (Å²) in [7, 11) is 0. The Hall–Kier alpha value is -1.89. The molecule has 6 nitrogen and oxygen atoms in total. The lowest BCUT2D eigenvalue weighted by molar-refractivity contribution is -0.119. The van der Waals surface area contributed by atoms with Crippen molar-refractivity contribution in [3.63, 3.8) is 0 Å². The lowest BCUT2D eigenvalue weighted by Crippen LogP contribution is -2.41. The number of aromatic nitrogens is 2. The number of fused-ring (bicyclic) bond motifs is 1. The molecule has 2 aromatic rings. The quantitative estimate of drug-likeness (QED) is 0.826. The molecule has 3 rings (SSSR count). The molecule has 1 amide bonds. The summed E-state index contributed by atoms with van der Waals surface area (Å²) in [6.07, 6.45) is 4.18. The van der Waals surface area contributed by atoms with Crippen molar-refractivity contribution >= 4 is 34.3 Å². The Balaban J connectivity index is 2.10. The van der Waals surface area contributed by atoms with Gasteiger partial charge < -0.3 is 10.6 Å². The SMILES string of the molecule is NC(=O)C1CCCN1c1nc2sccn2c1C=O. The molecule has 0 saturated carbocycles. The van der Waals surface area contributed by atoms with Crippen molar-refractivity contribution < 1.29 is 9.59 Å². The number of hydrogen-bond acceptors (Lipinski definition) is 5. The topological polar surface area (TPSA) is 80.7 Å². The largest absolute Gasteiger partial charge is 0.368 e. The summed E-state index contributed by atoms with van der Waals surface area (Å²) < 4.78 is 1.74. The number of aldehydes is 1. The predicted octanol–water partition coefficient (Wildman–Crippen LogP) is 0.662. The van der Waals surface area contributed by atoms with Crippen molar-refractivity contribution in [3.8, 4) is 0 Å². The van der Waals surface area contributed by atoms with Gasteiger partial charge in [0, 0.05) is 18.1 Å². The third-order valence-corrected chi connectivity index (χ3v) is 4.00. The smallest absolute Gasteiger partial charge is 0.240 e. The number of nitrogens with zero attached hydrogens (tertiary/aromatic N) is 3. The Morgan fingerprint density at radius 3 is 3.17 bits per heavy atom. The molecule has 0 aromatic carbocycles. The second-order valence-corrected chi connectivity index (χ2v) is 5.12. The van der Waals surface area contributed by atoms with Crippen LogP contribution < -0.4 is 10.6 Å². The van der Waals surface area contributed by atoms with Crippen LogP contribution in [-0.4, -0.2) is 34.2 Å². The van der Waals surface area contributed by atoms with Crippen LogP contribution in [0, 0.1) is 0 Å². The highest BCUT2D eigenvalue weighted by Crippen LogP contribution is 2.29. The monoisotopic (exact) mass is 264 g/mol. The second kappa shape index (κ2) is 4.09. The first-order chi connectivity index (χ1) is 8.72. The highest BCUT2D eigenvalue weighted by Gasteiger charge is 2.32. The standard InChI is InChI=1S/C11H12N4O2S/c12-9(17)7-2-1-3-14(7)10-8(6-16)15-4-5-18-11(15)13-10/h4-7H,1-3H2,(H2,12,17). The average Bonchev–Trinajstić information content (AvgIpc) is 3.02. The van der Waals surface area contributed by atoms with Gasteiger partial charge in [0.2, 0.25) is 5.91 Å². The molecule has 0 radical (unpaired) electrons. The van der Waals surface area contributed by atoms with Gasteiger partial charge in [-0.15, -0.1) is 11.3 Å². The minimum absolute atomic E-state index is 0.353. The zero-order valence-corrected chi connectivity index (χ0v) is 10.4. The van der Waals surface area contributed by atoms with Gasteiger partial charge >= 0.3 is 0 Å². The van der Waals surface area contributed by atoms with Crippen LogP contribution in [-0.2, 0) is 4.79 Å². The maximum atomic E-state index is 11.4. The van der Waals surface area contributed by atoms with Gasteiger partial charge in [0.15, 0.2) is 17.1 Å². The van der Waals surface area contributed by atoms with Crippen molar-refractivity contribution in [2.45, 2.75) is 18.9 Å². The number of imidazole rings is 1. The zero-order valence-electron chi connectivity index (χ0n) is 9.57. The molecule has 0 spiro atoms. The molecule has 1 aliphatic heterocycles. The summed E-state index contributed by atoms with van der Waals surface area (Å²) in [6.45, 7) is 0.708. The summed E-state index contributed by atoms with van der Waals surface area (Å²) in [4.78, 5) is 29.7. The van der Waals surface area contributed by atoms with Gasteiger partial charge in [-0.05, 0) is 12.8 Å². The molecule has 7 heteroatoms. The fraction of sp³-hybridized carbons (Fsp3) is 0.364.